The fourth-order valence-corrected chi connectivity index (χ4v) is 3.95. The maximum Gasteiger partial charge on any atom is 0.412 e. The van der Waals surface area contributed by atoms with Crippen molar-refractivity contribution in [1.82, 2.24) is 0 Å². The smallest absolute Gasteiger partial charge is 0.412 e. The van der Waals surface area contributed by atoms with Crippen molar-refractivity contribution in [3.8, 4) is 16.5 Å². The number of benzene rings is 1. The molecule has 1 amide bonds. The highest BCUT2D eigenvalue weighted by atomic mass is 32.2. The van der Waals surface area contributed by atoms with Gasteiger partial charge in [0.1, 0.15) is 21.6 Å². The molecule has 0 saturated heterocycles. The van der Waals surface area contributed by atoms with Crippen molar-refractivity contribution in [1.29, 1.82) is 5.26 Å². The van der Waals surface area contributed by atoms with Crippen molar-refractivity contribution in [3.63, 3.8) is 0 Å². The first-order valence-corrected chi connectivity index (χ1v) is 8.87. The van der Waals surface area contributed by atoms with E-state index in [1.54, 1.807) is 45.0 Å². The van der Waals surface area contributed by atoms with Gasteiger partial charge in [0.25, 0.3) is 0 Å². The zero-order valence-electron chi connectivity index (χ0n) is 13.8. The highest BCUT2D eigenvalue weighted by molar-refractivity contribution is 8.05. The minimum atomic E-state index is -1.19. The van der Waals surface area contributed by atoms with Crippen LogP contribution in [-0.4, -0.2) is 22.8 Å². The van der Waals surface area contributed by atoms with Gasteiger partial charge in [0.15, 0.2) is 0 Å². The fraction of sp³-hybridized carbons (Fsp3) is 0.235. The summed E-state index contributed by atoms with van der Waals surface area (Å²) in [6.07, 6.45) is -0.746. The lowest BCUT2D eigenvalue weighted by molar-refractivity contribution is 0.0636. The Morgan fingerprint density at radius 2 is 1.92 bits per heavy atom. The molecule has 2 rings (SSSR count). The molecule has 0 saturated carbocycles. The number of nitrogens with one attached hydrogen (secondary N) is 1. The standard InChI is InChI=1S/C17H16N2O4S2/c1-17(2,3)23-16(22)19-13-12(14(20)21)11(15(25-13)24-9-18)10-7-5-4-6-8-10/h4-8H,1-3H3,(H,19,22)(H,20,21). The van der Waals surface area contributed by atoms with Crippen LogP contribution in [-0.2, 0) is 4.74 Å². The number of carboxylic acid groups (broad SMARTS) is 1. The van der Waals surface area contributed by atoms with Gasteiger partial charge in [-0.25, -0.2) is 9.59 Å². The van der Waals surface area contributed by atoms with E-state index in [0.717, 1.165) is 23.1 Å². The molecule has 1 aromatic carbocycles. The van der Waals surface area contributed by atoms with Crippen LogP contribution in [0.5, 0.6) is 0 Å². The number of thiocyanates is 1. The average molecular weight is 376 g/mol. The highest BCUT2D eigenvalue weighted by Gasteiger charge is 2.27. The van der Waals surface area contributed by atoms with Gasteiger partial charge in [-0.3, -0.25) is 5.32 Å². The average Bonchev–Trinajstić information content (AvgIpc) is 2.84. The number of ether oxygens (including phenoxy) is 1. The third kappa shape index (κ3) is 4.75. The van der Waals surface area contributed by atoms with Crippen LogP contribution in [0.1, 0.15) is 31.1 Å². The Labute approximate surface area is 153 Å². The van der Waals surface area contributed by atoms with Crippen LogP contribution in [0.2, 0.25) is 0 Å². The van der Waals surface area contributed by atoms with Crippen molar-refractivity contribution in [2.75, 3.05) is 5.32 Å². The van der Waals surface area contributed by atoms with Crippen molar-refractivity contribution in [3.05, 3.63) is 35.9 Å². The molecule has 0 fully saturated rings. The van der Waals surface area contributed by atoms with Gasteiger partial charge in [-0.05, 0) is 26.3 Å². The molecule has 2 N–H and O–H groups in total. The van der Waals surface area contributed by atoms with E-state index in [2.05, 4.69) is 5.32 Å². The van der Waals surface area contributed by atoms with E-state index in [0.29, 0.717) is 15.3 Å². The molecule has 8 heteroatoms. The fourth-order valence-electron chi connectivity index (χ4n) is 2.08. The van der Waals surface area contributed by atoms with E-state index in [-0.39, 0.29) is 10.6 Å². The summed E-state index contributed by atoms with van der Waals surface area (Å²) < 4.78 is 5.68. The first-order chi connectivity index (χ1) is 11.7. The Morgan fingerprint density at radius 1 is 1.28 bits per heavy atom. The zero-order chi connectivity index (χ0) is 18.6. The van der Waals surface area contributed by atoms with Crippen molar-refractivity contribution >= 4 is 40.2 Å². The Bertz CT molecular complexity index is 833. The number of carbonyl (C=O) groups is 2. The molecule has 0 unspecified atom stereocenters. The van der Waals surface area contributed by atoms with Gasteiger partial charge in [0.2, 0.25) is 0 Å². The number of rotatable bonds is 4. The van der Waals surface area contributed by atoms with Gasteiger partial charge in [-0.2, -0.15) is 5.26 Å². The lowest BCUT2D eigenvalue weighted by Crippen LogP contribution is -2.27. The SMILES string of the molecule is CC(C)(C)OC(=O)Nc1sc(SC#N)c(-c2ccccc2)c1C(=O)O. The van der Waals surface area contributed by atoms with Crippen LogP contribution in [0.3, 0.4) is 0 Å². The van der Waals surface area contributed by atoms with E-state index >= 15 is 0 Å². The molecule has 0 radical (unpaired) electrons. The second kappa shape index (κ2) is 7.59. The topological polar surface area (TPSA) is 99.4 Å². The van der Waals surface area contributed by atoms with Crippen LogP contribution in [0.15, 0.2) is 34.5 Å². The molecule has 0 spiro atoms. The zero-order valence-corrected chi connectivity index (χ0v) is 15.5. The summed E-state index contributed by atoms with van der Waals surface area (Å²) >= 11 is 1.89. The molecule has 0 aliphatic carbocycles. The van der Waals surface area contributed by atoms with E-state index in [4.69, 9.17) is 10.00 Å². The van der Waals surface area contributed by atoms with Gasteiger partial charge in [-0.15, -0.1) is 11.3 Å². The van der Waals surface area contributed by atoms with Crippen molar-refractivity contribution < 1.29 is 19.4 Å². The Hall–Kier alpha value is -2.50. The number of hydrogen-bond acceptors (Lipinski definition) is 6. The second-order valence-electron chi connectivity index (χ2n) is 5.96. The number of nitrogens with zero attached hydrogens (tertiary/aromatic N) is 1. The van der Waals surface area contributed by atoms with E-state index in [1.807, 2.05) is 11.5 Å². The maximum atomic E-state index is 12.0. The minimum Gasteiger partial charge on any atom is -0.478 e. The molecular formula is C17H16N2O4S2. The second-order valence-corrected chi connectivity index (χ2v) is 8.03. The normalized spacial score (nSPS) is 10.8. The molecule has 130 valence electrons. The molecular weight excluding hydrogens is 360 g/mol. The van der Waals surface area contributed by atoms with Gasteiger partial charge in [0, 0.05) is 17.3 Å². The number of anilines is 1. The van der Waals surface area contributed by atoms with E-state index in [9.17, 15) is 14.7 Å². The third-order valence-electron chi connectivity index (χ3n) is 2.91. The number of hydrogen-bond donors (Lipinski definition) is 2. The molecule has 1 aromatic heterocycles. The number of thiophene rings is 1. The van der Waals surface area contributed by atoms with Gasteiger partial charge >= 0.3 is 12.1 Å². The summed E-state index contributed by atoms with van der Waals surface area (Å²) in [6, 6.07) is 8.88. The van der Waals surface area contributed by atoms with Crippen LogP contribution in [0.4, 0.5) is 9.80 Å². The summed E-state index contributed by atoms with van der Waals surface area (Å²) in [5, 5.41) is 23.3. The third-order valence-corrected chi connectivity index (χ3v) is 4.79. The molecule has 0 aliphatic heterocycles. The number of nitriles is 1. The number of thioether (sulfide) groups is 1. The van der Waals surface area contributed by atoms with Crippen LogP contribution in [0, 0.1) is 10.7 Å². The van der Waals surface area contributed by atoms with Gasteiger partial charge in [-0.1, -0.05) is 30.3 Å². The quantitative estimate of drug-likeness (QED) is 0.573. The first-order valence-electron chi connectivity index (χ1n) is 7.24. The molecule has 25 heavy (non-hydrogen) atoms. The van der Waals surface area contributed by atoms with Crippen LogP contribution >= 0.6 is 23.1 Å². The maximum absolute atomic E-state index is 12.0. The number of carbonyl (C=O) groups excluding carboxylic acids is 1. The summed E-state index contributed by atoms with van der Waals surface area (Å²) in [5.41, 5.74) is 0.304. The lowest BCUT2D eigenvalue weighted by atomic mass is 10.0. The van der Waals surface area contributed by atoms with E-state index in [1.165, 1.54) is 0 Å². The highest BCUT2D eigenvalue weighted by Crippen LogP contribution is 2.45. The number of aromatic carboxylic acids is 1. The Balaban J connectivity index is 2.53. The molecule has 0 aliphatic rings. The molecule has 1 heterocycles. The number of amides is 1. The largest absolute Gasteiger partial charge is 0.478 e. The van der Waals surface area contributed by atoms with Crippen LogP contribution < -0.4 is 5.32 Å². The summed E-state index contributed by atoms with van der Waals surface area (Å²) in [6.45, 7) is 5.14. The van der Waals surface area contributed by atoms with Crippen molar-refractivity contribution in [2.24, 2.45) is 0 Å². The molecule has 0 atom stereocenters. The Kier molecular flexibility index (Phi) is 5.72. The van der Waals surface area contributed by atoms with Gasteiger partial charge < -0.3 is 9.84 Å². The summed E-state index contributed by atoms with van der Waals surface area (Å²) in [7, 11) is 0. The molecule has 6 nitrogen and oxygen atoms in total. The predicted molar refractivity (Wildman–Crippen MR) is 98.0 cm³/mol. The Morgan fingerprint density at radius 3 is 2.44 bits per heavy atom. The first kappa shape index (κ1) is 18.8. The number of carboxylic acids is 1. The van der Waals surface area contributed by atoms with Crippen molar-refractivity contribution in [2.45, 2.75) is 30.6 Å². The van der Waals surface area contributed by atoms with Crippen LogP contribution in [0.25, 0.3) is 11.1 Å². The minimum absolute atomic E-state index is 0.0557. The summed E-state index contributed by atoms with van der Waals surface area (Å²) in [5.74, 6) is -1.19. The monoisotopic (exact) mass is 376 g/mol. The molecule has 2 aromatic rings. The summed E-state index contributed by atoms with van der Waals surface area (Å²) in [4.78, 5) is 23.8. The molecule has 0 bridgehead atoms. The van der Waals surface area contributed by atoms with Gasteiger partial charge in [0.05, 0.1) is 4.21 Å². The van der Waals surface area contributed by atoms with E-state index < -0.39 is 17.7 Å². The predicted octanol–water partition coefficient (Wildman–Crippen LogP) is 5.03. The lowest BCUT2D eigenvalue weighted by Gasteiger charge is -2.19.